The number of carbonyl (C=O) groups is 2. The van der Waals surface area contributed by atoms with Gasteiger partial charge in [-0.15, -0.1) is 0 Å². The number of alkyl carbamates (subject to hydrolysis) is 1. The van der Waals surface area contributed by atoms with Crippen molar-refractivity contribution in [3.05, 3.63) is 0 Å². The van der Waals surface area contributed by atoms with E-state index in [1.54, 1.807) is 0 Å². The highest BCUT2D eigenvalue weighted by Gasteiger charge is 2.36. The number of rotatable bonds is 11. The van der Waals surface area contributed by atoms with Crippen molar-refractivity contribution in [2.45, 2.75) is 95.6 Å². The Kier molecular flexibility index (Phi) is 12.5. The highest BCUT2D eigenvalue weighted by atomic mass is 16.5. The van der Waals surface area contributed by atoms with Gasteiger partial charge in [-0.3, -0.25) is 0 Å². The van der Waals surface area contributed by atoms with Crippen molar-refractivity contribution in [2.75, 3.05) is 46.9 Å². The third-order valence-electron chi connectivity index (χ3n) is 8.31. The molecule has 1 aliphatic heterocycles. The summed E-state index contributed by atoms with van der Waals surface area (Å²) in [7, 11) is 3.34. The first-order valence-electron chi connectivity index (χ1n) is 14.2. The van der Waals surface area contributed by atoms with Crippen LogP contribution in [-0.4, -0.2) is 76.1 Å². The molecule has 3 unspecified atom stereocenters. The van der Waals surface area contributed by atoms with Gasteiger partial charge in [0, 0.05) is 38.1 Å². The Morgan fingerprint density at radius 3 is 2.31 bits per heavy atom. The molecule has 3 aliphatic rings. The van der Waals surface area contributed by atoms with Crippen LogP contribution >= 0.6 is 0 Å². The second kappa shape index (κ2) is 15.5. The van der Waals surface area contributed by atoms with Gasteiger partial charge >= 0.3 is 12.1 Å². The van der Waals surface area contributed by atoms with Gasteiger partial charge in [0.05, 0.1) is 19.8 Å². The van der Waals surface area contributed by atoms with Gasteiger partial charge in [0.2, 0.25) is 0 Å². The second-order valence-electron chi connectivity index (χ2n) is 10.9. The molecule has 1 heterocycles. The molecule has 3 rings (SSSR count). The number of hydrogen-bond donors (Lipinski definition) is 3. The van der Waals surface area contributed by atoms with E-state index in [0.717, 1.165) is 44.8 Å². The van der Waals surface area contributed by atoms with Crippen molar-refractivity contribution in [1.82, 2.24) is 20.9 Å². The van der Waals surface area contributed by atoms with Gasteiger partial charge < -0.3 is 30.3 Å². The first-order valence-corrected chi connectivity index (χ1v) is 14.2. The van der Waals surface area contributed by atoms with E-state index in [1.807, 2.05) is 11.9 Å². The third-order valence-corrected chi connectivity index (χ3v) is 8.31. The summed E-state index contributed by atoms with van der Waals surface area (Å²) in [4.78, 5) is 26.7. The standard InChI is InChI=1S/C27H50N4O4/c1-28-19-24(18-21-10-5-3-6-11-21)30-26(32)31-16-9-14-23(20-31)25(22-12-7-4-8-13-22)35-17-15-29-27(33)34-2/h21-25,28H,3-20H2,1-2H3,(H,29,33)(H,30,32). The van der Waals surface area contributed by atoms with Crippen LogP contribution in [0.15, 0.2) is 0 Å². The minimum atomic E-state index is -0.423. The number of likely N-dealkylation sites (N-methyl/N-ethyl adjacent to an activating group) is 1. The van der Waals surface area contributed by atoms with Crippen LogP contribution in [-0.2, 0) is 9.47 Å². The van der Waals surface area contributed by atoms with Crippen molar-refractivity contribution in [1.29, 1.82) is 0 Å². The van der Waals surface area contributed by atoms with Crippen LogP contribution in [0.25, 0.3) is 0 Å². The van der Waals surface area contributed by atoms with Crippen molar-refractivity contribution in [3.8, 4) is 0 Å². The fraction of sp³-hybridized carbons (Fsp3) is 0.926. The number of urea groups is 1. The Bertz CT molecular complexity index is 622. The van der Waals surface area contributed by atoms with Crippen LogP contribution < -0.4 is 16.0 Å². The molecule has 8 nitrogen and oxygen atoms in total. The van der Waals surface area contributed by atoms with Gasteiger partial charge in [-0.1, -0.05) is 51.4 Å². The molecule has 2 saturated carbocycles. The van der Waals surface area contributed by atoms with E-state index >= 15 is 0 Å². The molecule has 0 aromatic rings. The molecule has 3 N–H and O–H groups in total. The number of ether oxygens (including phenoxy) is 2. The molecule has 1 saturated heterocycles. The van der Waals surface area contributed by atoms with Crippen LogP contribution in [0.1, 0.15) is 83.5 Å². The van der Waals surface area contributed by atoms with Crippen molar-refractivity contribution < 1.29 is 19.1 Å². The lowest BCUT2D eigenvalue weighted by atomic mass is 9.78. The summed E-state index contributed by atoms with van der Waals surface area (Å²) in [6.07, 6.45) is 15.7. The predicted molar refractivity (Wildman–Crippen MR) is 138 cm³/mol. The minimum absolute atomic E-state index is 0.0838. The van der Waals surface area contributed by atoms with E-state index in [-0.39, 0.29) is 18.2 Å². The molecule has 3 fully saturated rings. The van der Waals surface area contributed by atoms with E-state index in [9.17, 15) is 9.59 Å². The molecule has 2 aliphatic carbocycles. The Labute approximate surface area is 212 Å². The highest BCUT2D eigenvalue weighted by molar-refractivity contribution is 5.74. The first-order chi connectivity index (χ1) is 17.1. The Morgan fingerprint density at radius 1 is 0.943 bits per heavy atom. The Hall–Kier alpha value is -1.54. The molecule has 0 radical (unpaired) electrons. The van der Waals surface area contributed by atoms with Gasteiger partial charge in [-0.05, 0) is 51.0 Å². The highest BCUT2D eigenvalue weighted by Crippen LogP contribution is 2.35. The fourth-order valence-corrected chi connectivity index (χ4v) is 6.53. The number of carbonyl (C=O) groups excluding carboxylic acids is 2. The number of nitrogens with one attached hydrogen (secondary N) is 3. The van der Waals surface area contributed by atoms with Crippen LogP contribution in [0.4, 0.5) is 9.59 Å². The second-order valence-corrected chi connectivity index (χ2v) is 10.9. The van der Waals surface area contributed by atoms with E-state index in [4.69, 9.17) is 4.74 Å². The van der Waals surface area contributed by atoms with Crippen LogP contribution in [0.2, 0.25) is 0 Å². The Balaban J connectivity index is 1.55. The monoisotopic (exact) mass is 494 g/mol. The zero-order valence-electron chi connectivity index (χ0n) is 22.2. The van der Waals surface area contributed by atoms with Crippen molar-refractivity contribution in [3.63, 3.8) is 0 Å². The summed E-state index contributed by atoms with van der Waals surface area (Å²) < 4.78 is 11.1. The van der Waals surface area contributed by atoms with Crippen molar-refractivity contribution in [2.24, 2.45) is 17.8 Å². The van der Waals surface area contributed by atoms with Gasteiger partial charge in [0.1, 0.15) is 0 Å². The van der Waals surface area contributed by atoms with E-state index in [1.165, 1.54) is 71.3 Å². The summed E-state index contributed by atoms with van der Waals surface area (Å²) in [6, 6.07) is 0.270. The zero-order valence-corrected chi connectivity index (χ0v) is 22.2. The van der Waals surface area contributed by atoms with Gasteiger partial charge in [-0.25, -0.2) is 9.59 Å². The number of nitrogens with zero attached hydrogens (tertiary/aromatic N) is 1. The number of hydrogen-bond acceptors (Lipinski definition) is 5. The summed E-state index contributed by atoms with van der Waals surface area (Å²) in [6.45, 7) is 3.32. The quantitative estimate of drug-likeness (QED) is 0.373. The molecular formula is C27H50N4O4. The number of likely N-dealkylation sites (tertiary alicyclic amines) is 1. The molecular weight excluding hydrogens is 444 g/mol. The maximum Gasteiger partial charge on any atom is 0.406 e. The van der Waals surface area contributed by atoms with Gasteiger partial charge in [0.15, 0.2) is 0 Å². The molecule has 8 heteroatoms. The van der Waals surface area contributed by atoms with E-state index in [2.05, 4.69) is 20.7 Å². The smallest absolute Gasteiger partial charge is 0.406 e. The molecule has 35 heavy (non-hydrogen) atoms. The topological polar surface area (TPSA) is 91.9 Å². The molecule has 3 atom stereocenters. The molecule has 3 amide bonds. The first kappa shape index (κ1) is 28.0. The molecule has 202 valence electrons. The molecule has 0 aromatic heterocycles. The Morgan fingerprint density at radius 2 is 1.63 bits per heavy atom. The average molecular weight is 495 g/mol. The zero-order chi connectivity index (χ0) is 24.9. The maximum absolute atomic E-state index is 13.3. The lowest BCUT2D eigenvalue weighted by Crippen LogP contribution is -2.53. The lowest BCUT2D eigenvalue weighted by molar-refractivity contribution is -0.0505. The maximum atomic E-state index is 13.3. The fourth-order valence-electron chi connectivity index (χ4n) is 6.53. The van der Waals surface area contributed by atoms with Gasteiger partial charge in [-0.2, -0.15) is 0 Å². The van der Waals surface area contributed by atoms with Gasteiger partial charge in [0.25, 0.3) is 0 Å². The molecule has 0 spiro atoms. The van der Waals surface area contributed by atoms with E-state index < -0.39 is 6.09 Å². The van der Waals surface area contributed by atoms with Crippen LogP contribution in [0.5, 0.6) is 0 Å². The lowest BCUT2D eigenvalue weighted by Gasteiger charge is -2.41. The predicted octanol–water partition coefficient (Wildman–Crippen LogP) is 4.29. The van der Waals surface area contributed by atoms with Crippen LogP contribution in [0.3, 0.4) is 0 Å². The summed E-state index contributed by atoms with van der Waals surface area (Å²) in [5, 5.41) is 9.37. The molecule has 0 bridgehead atoms. The number of amides is 3. The normalized spacial score (nSPS) is 23.9. The van der Waals surface area contributed by atoms with Crippen LogP contribution in [0, 0.1) is 17.8 Å². The largest absolute Gasteiger partial charge is 0.453 e. The average Bonchev–Trinajstić information content (AvgIpc) is 2.89. The number of methoxy groups -OCH3 is 1. The SMILES string of the molecule is CNCC(CC1CCCCC1)NC(=O)N1CCCC(C(OCCNC(=O)OC)C2CCCCC2)C1. The van der Waals surface area contributed by atoms with E-state index in [0.29, 0.717) is 25.0 Å². The molecule has 0 aromatic carbocycles. The third kappa shape index (κ3) is 9.45. The summed E-state index contributed by atoms with van der Waals surface area (Å²) >= 11 is 0. The summed E-state index contributed by atoms with van der Waals surface area (Å²) in [5.41, 5.74) is 0. The van der Waals surface area contributed by atoms with Crippen molar-refractivity contribution >= 4 is 12.1 Å². The number of piperidine rings is 1. The summed E-state index contributed by atoms with van der Waals surface area (Å²) in [5.74, 6) is 1.62. The minimum Gasteiger partial charge on any atom is -0.453 e.